The first-order valence-corrected chi connectivity index (χ1v) is 1.61. The van der Waals surface area contributed by atoms with E-state index in [0.717, 1.165) is 0 Å². The van der Waals surface area contributed by atoms with Gasteiger partial charge in [0.15, 0.2) is 0 Å². The molecule has 0 unspecified atom stereocenters. The summed E-state index contributed by atoms with van der Waals surface area (Å²) in [5.41, 5.74) is 1.80. The number of halogens is 2. The van der Waals surface area contributed by atoms with Crippen LogP contribution >= 0.6 is 0 Å². The quantitative estimate of drug-likeness (QED) is 0.396. The van der Waals surface area contributed by atoms with Gasteiger partial charge in [-0.05, 0) is 0 Å². The predicted octanol–water partition coefficient (Wildman–Crippen LogP) is 1.48. The lowest BCUT2D eigenvalue weighted by Crippen LogP contribution is -1.76. The van der Waals surface area contributed by atoms with Crippen molar-refractivity contribution < 1.29 is 13.9 Å². The summed E-state index contributed by atoms with van der Waals surface area (Å²) < 4.78 is 21.9. The third-order valence-electron chi connectivity index (χ3n) is 0.297. The predicted molar refractivity (Wildman–Crippen MR) is 21.3 cm³/mol. The lowest BCUT2D eigenvalue weighted by Gasteiger charge is -1.75. The third-order valence-corrected chi connectivity index (χ3v) is 0.297. The molecule has 40 valence electrons. The monoisotopic (exact) mass is 106 g/mol. The van der Waals surface area contributed by atoms with Crippen LogP contribution in [0.3, 0.4) is 0 Å². The summed E-state index contributed by atoms with van der Waals surface area (Å²) in [6.45, 7) is 0. The molecular formula is C4H4F2O. The van der Waals surface area contributed by atoms with Crippen LogP contribution in [0, 0.1) is 0 Å². The molecule has 0 aliphatic heterocycles. The van der Waals surface area contributed by atoms with E-state index in [1.54, 1.807) is 5.73 Å². The van der Waals surface area contributed by atoms with E-state index in [2.05, 4.69) is 0 Å². The molecule has 0 aromatic carbocycles. The molecule has 0 aliphatic carbocycles. The minimum absolute atomic E-state index is 0.437. The normalized spacial score (nSPS) is 7.86. The molecule has 0 radical (unpaired) electrons. The minimum Gasteiger partial charge on any atom is -0.507 e. The van der Waals surface area contributed by atoms with Crippen LogP contribution in [0.2, 0.25) is 0 Å². The molecule has 0 spiro atoms. The van der Waals surface area contributed by atoms with Crippen molar-refractivity contribution in [3.63, 3.8) is 0 Å². The van der Waals surface area contributed by atoms with Crippen molar-refractivity contribution in [3.8, 4) is 0 Å². The summed E-state index contributed by atoms with van der Waals surface area (Å²) in [4.78, 5) is 0. The lowest BCUT2D eigenvalue weighted by atomic mass is 10.6. The lowest BCUT2D eigenvalue weighted by molar-refractivity contribution is 0.204. The van der Waals surface area contributed by atoms with Gasteiger partial charge in [0, 0.05) is 6.08 Å². The van der Waals surface area contributed by atoms with E-state index >= 15 is 0 Å². The molecule has 1 N–H and O–H groups in total. The van der Waals surface area contributed by atoms with Gasteiger partial charge in [-0.15, -0.1) is 0 Å². The van der Waals surface area contributed by atoms with Crippen molar-refractivity contribution in [2.75, 3.05) is 0 Å². The van der Waals surface area contributed by atoms with Crippen molar-refractivity contribution in [1.29, 1.82) is 0 Å². The van der Waals surface area contributed by atoms with Gasteiger partial charge in [-0.1, -0.05) is 5.73 Å². The Kier molecular flexibility index (Phi) is 2.98. The molecule has 0 aromatic rings. The molecule has 0 heterocycles. The summed E-state index contributed by atoms with van der Waals surface area (Å²) in [5.74, 6) is 0. The fraction of sp³-hybridized carbons (Fsp3) is 0.250. The highest BCUT2D eigenvalue weighted by Gasteiger charge is 1.88. The van der Waals surface area contributed by atoms with Crippen LogP contribution in [0.4, 0.5) is 8.78 Å². The Labute approximate surface area is 39.6 Å². The first-order chi connectivity index (χ1) is 3.27. The van der Waals surface area contributed by atoms with Gasteiger partial charge in [0.2, 0.25) is 0 Å². The van der Waals surface area contributed by atoms with Crippen molar-refractivity contribution in [1.82, 2.24) is 0 Å². The molecular weight excluding hydrogens is 102 g/mol. The topological polar surface area (TPSA) is 20.2 Å². The average molecular weight is 106 g/mol. The Morgan fingerprint density at radius 2 is 2.14 bits per heavy atom. The first kappa shape index (κ1) is 6.18. The van der Waals surface area contributed by atoms with E-state index in [1.165, 1.54) is 0 Å². The van der Waals surface area contributed by atoms with Gasteiger partial charge in [-0.3, -0.25) is 0 Å². The standard InChI is InChI=1S/C4H4F2O/c5-4(6)2-1-3-7/h2-4,7H. The maximum absolute atomic E-state index is 11.0. The van der Waals surface area contributed by atoms with Crippen molar-refractivity contribution >= 4 is 0 Å². The molecule has 0 bridgehead atoms. The Morgan fingerprint density at radius 3 is 2.29 bits per heavy atom. The van der Waals surface area contributed by atoms with E-state index < -0.39 is 6.43 Å². The zero-order valence-electron chi connectivity index (χ0n) is 3.44. The van der Waals surface area contributed by atoms with Gasteiger partial charge in [0.05, 0.1) is 0 Å². The van der Waals surface area contributed by atoms with Crippen molar-refractivity contribution in [2.45, 2.75) is 6.43 Å². The minimum atomic E-state index is -2.52. The van der Waals surface area contributed by atoms with Crippen LogP contribution in [0.15, 0.2) is 18.1 Å². The number of alkyl halides is 2. The zero-order valence-corrected chi connectivity index (χ0v) is 3.44. The Balaban J connectivity index is 3.46. The van der Waals surface area contributed by atoms with Gasteiger partial charge in [0.25, 0.3) is 6.43 Å². The van der Waals surface area contributed by atoms with Crippen LogP contribution in [0.1, 0.15) is 0 Å². The van der Waals surface area contributed by atoms with E-state index in [0.29, 0.717) is 12.3 Å². The molecule has 0 saturated carbocycles. The van der Waals surface area contributed by atoms with Crippen molar-refractivity contribution in [2.24, 2.45) is 0 Å². The van der Waals surface area contributed by atoms with Gasteiger partial charge < -0.3 is 5.11 Å². The van der Waals surface area contributed by atoms with E-state index in [9.17, 15) is 8.78 Å². The van der Waals surface area contributed by atoms with Gasteiger partial charge >= 0.3 is 0 Å². The third kappa shape index (κ3) is 5.18. The van der Waals surface area contributed by atoms with E-state index in [4.69, 9.17) is 5.11 Å². The summed E-state index contributed by atoms with van der Waals surface area (Å²) in [6, 6.07) is 0. The molecule has 0 atom stereocenters. The first-order valence-electron chi connectivity index (χ1n) is 1.61. The highest BCUT2D eigenvalue weighted by Crippen LogP contribution is 1.89. The van der Waals surface area contributed by atoms with Gasteiger partial charge in [-0.2, -0.15) is 0 Å². The molecule has 0 saturated heterocycles. The smallest absolute Gasteiger partial charge is 0.264 e. The summed E-state index contributed by atoms with van der Waals surface area (Å²) in [6.07, 6.45) is -1.63. The number of aliphatic hydroxyl groups is 1. The maximum Gasteiger partial charge on any atom is 0.264 e. The van der Waals surface area contributed by atoms with Crippen LogP contribution in [-0.4, -0.2) is 11.5 Å². The number of rotatable bonds is 1. The number of aliphatic hydroxyl groups excluding tert-OH is 1. The highest BCUT2D eigenvalue weighted by atomic mass is 19.3. The van der Waals surface area contributed by atoms with Crippen LogP contribution in [0.5, 0.6) is 0 Å². The number of hydrogen-bond acceptors (Lipinski definition) is 1. The second-order valence-corrected chi connectivity index (χ2v) is 0.797. The molecule has 1 nitrogen and oxygen atoms in total. The van der Waals surface area contributed by atoms with Crippen LogP contribution in [-0.2, 0) is 0 Å². The van der Waals surface area contributed by atoms with E-state index in [1.807, 2.05) is 0 Å². The summed E-state index contributed by atoms with van der Waals surface area (Å²) in [7, 11) is 0. The largest absolute Gasteiger partial charge is 0.507 e. The summed E-state index contributed by atoms with van der Waals surface area (Å²) in [5, 5.41) is 7.71. The fourth-order valence-electron chi connectivity index (χ4n) is 0.116. The van der Waals surface area contributed by atoms with Crippen LogP contribution in [0.25, 0.3) is 0 Å². The van der Waals surface area contributed by atoms with Crippen LogP contribution < -0.4 is 0 Å². The fourth-order valence-corrected chi connectivity index (χ4v) is 0.116. The summed E-state index contributed by atoms with van der Waals surface area (Å²) >= 11 is 0. The molecule has 0 aromatic heterocycles. The molecule has 0 amide bonds. The second kappa shape index (κ2) is 3.37. The van der Waals surface area contributed by atoms with Gasteiger partial charge in [-0.25, -0.2) is 8.78 Å². The second-order valence-electron chi connectivity index (χ2n) is 0.797. The Morgan fingerprint density at radius 1 is 1.57 bits per heavy atom. The molecule has 3 heteroatoms. The maximum atomic E-state index is 11.0. The molecule has 0 rings (SSSR count). The van der Waals surface area contributed by atoms with Gasteiger partial charge in [0.1, 0.15) is 6.26 Å². The Hall–Kier alpha value is -0.820. The zero-order chi connectivity index (χ0) is 5.70. The molecule has 0 aliphatic rings. The molecule has 7 heavy (non-hydrogen) atoms. The number of hydrogen-bond donors (Lipinski definition) is 1. The van der Waals surface area contributed by atoms with E-state index in [-0.39, 0.29) is 0 Å². The molecule has 0 fully saturated rings. The average Bonchev–Trinajstić information content (AvgIpc) is 1.61. The number of allylic oxidation sites excluding steroid dienone is 1. The van der Waals surface area contributed by atoms with Crippen molar-refractivity contribution in [3.05, 3.63) is 18.1 Å². The highest BCUT2D eigenvalue weighted by molar-refractivity contribution is 4.80. The Bertz CT molecular complexity index is 91.9. The SMILES string of the molecule is OC=C=CC(F)F.